The Morgan fingerprint density at radius 2 is 1.30 bits per heavy atom. The van der Waals surface area contributed by atoms with E-state index in [1.54, 1.807) is 68.4 Å². The Balaban J connectivity index is 3.67. The largest absolute Gasteiger partial charge is 0.443 e. The lowest BCUT2D eigenvalue weighted by atomic mass is 10.2. The first-order valence-electron chi connectivity index (χ1n) is 13.7. The Morgan fingerprint density at radius 1 is 0.775 bits per heavy atom. The monoisotopic (exact) mass is 560 g/mol. The number of nitrogens with two attached hydrogens (primary N) is 1. The topological polar surface area (TPSA) is 124 Å². The van der Waals surface area contributed by atoms with Crippen molar-refractivity contribution in [3.63, 3.8) is 0 Å². The number of benzene rings is 1. The summed E-state index contributed by atoms with van der Waals surface area (Å²) >= 11 is 0. The molecule has 0 unspecified atom stereocenters. The quantitative estimate of drug-likeness (QED) is 0.164. The van der Waals surface area contributed by atoms with Crippen molar-refractivity contribution in [2.24, 2.45) is 10.7 Å². The highest BCUT2D eigenvalue weighted by atomic mass is 16.6. The van der Waals surface area contributed by atoms with Crippen LogP contribution in [-0.4, -0.2) is 70.5 Å². The van der Waals surface area contributed by atoms with Gasteiger partial charge in [-0.2, -0.15) is 0 Å². The number of aliphatic imine (C=N–C) groups is 1. The molecule has 1 aromatic carbocycles. The molecule has 0 aliphatic rings. The molecule has 0 spiro atoms. The molecular formula is C30H48N4O6. The second-order valence-corrected chi connectivity index (χ2v) is 12.3. The zero-order valence-electron chi connectivity index (χ0n) is 25.7. The van der Waals surface area contributed by atoms with Gasteiger partial charge >= 0.3 is 18.3 Å². The van der Waals surface area contributed by atoms with Gasteiger partial charge < -0.3 is 19.9 Å². The van der Waals surface area contributed by atoms with Gasteiger partial charge in [-0.15, -0.1) is 4.99 Å². The Kier molecular flexibility index (Phi) is 13.3. The number of rotatable bonds is 8. The molecule has 224 valence electrons. The van der Waals surface area contributed by atoms with Gasteiger partial charge in [-0.25, -0.2) is 24.2 Å². The van der Waals surface area contributed by atoms with Gasteiger partial charge in [0.05, 0.1) is 6.54 Å². The molecule has 0 bridgehead atoms. The molecular weight excluding hydrogens is 512 g/mol. The predicted octanol–water partition coefficient (Wildman–Crippen LogP) is 6.59. The van der Waals surface area contributed by atoms with E-state index in [9.17, 15) is 14.4 Å². The average molecular weight is 561 g/mol. The van der Waals surface area contributed by atoms with Gasteiger partial charge in [0.15, 0.2) is 0 Å². The molecule has 10 heteroatoms. The van der Waals surface area contributed by atoms with E-state index in [1.165, 1.54) is 4.90 Å². The minimum absolute atomic E-state index is 0.0481. The lowest BCUT2D eigenvalue weighted by Crippen LogP contribution is -2.53. The Hall–Kier alpha value is -3.40. The molecule has 0 atom stereocenters. The average Bonchev–Trinajstić information content (AvgIpc) is 2.78. The fraction of sp³-hybridized carbons (Fsp3) is 0.600. The maximum absolute atomic E-state index is 13.5. The molecule has 3 amide bonds. The van der Waals surface area contributed by atoms with Crippen molar-refractivity contribution in [1.82, 2.24) is 9.80 Å². The van der Waals surface area contributed by atoms with Crippen molar-refractivity contribution in [3.05, 3.63) is 42.0 Å². The summed E-state index contributed by atoms with van der Waals surface area (Å²) in [4.78, 5) is 46.5. The van der Waals surface area contributed by atoms with Crippen LogP contribution in [-0.2, 0) is 14.2 Å². The van der Waals surface area contributed by atoms with Gasteiger partial charge in [-0.3, -0.25) is 0 Å². The molecule has 0 aromatic heterocycles. The summed E-state index contributed by atoms with van der Waals surface area (Å²) in [5.74, 6) is -0.247. The third-order valence-electron chi connectivity index (χ3n) is 4.78. The number of carbonyl (C=O) groups excluding carboxylic acids is 3. The molecule has 0 saturated heterocycles. The van der Waals surface area contributed by atoms with Gasteiger partial charge in [0.25, 0.3) is 0 Å². The Bertz CT molecular complexity index is 1020. The lowest BCUT2D eigenvalue weighted by Gasteiger charge is -2.33. The zero-order valence-corrected chi connectivity index (χ0v) is 25.7. The summed E-state index contributed by atoms with van der Waals surface area (Å²) in [5, 5.41) is 0. The van der Waals surface area contributed by atoms with E-state index in [-0.39, 0.29) is 19.0 Å². The normalized spacial score (nSPS) is 12.7. The summed E-state index contributed by atoms with van der Waals surface area (Å²) in [6, 6.07) is 9.51. The van der Waals surface area contributed by atoms with Gasteiger partial charge in [0.2, 0.25) is 5.96 Å². The van der Waals surface area contributed by atoms with Gasteiger partial charge in [-0.05, 0) is 87.3 Å². The van der Waals surface area contributed by atoms with E-state index >= 15 is 0 Å². The van der Waals surface area contributed by atoms with E-state index in [0.29, 0.717) is 13.0 Å². The van der Waals surface area contributed by atoms with E-state index in [4.69, 9.17) is 19.9 Å². The zero-order chi connectivity index (χ0) is 30.6. The predicted molar refractivity (Wildman–Crippen MR) is 158 cm³/mol. The number of nitrogens with zero attached hydrogens (tertiary/aromatic N) is 3. The van der Waals surface area contributed by atoms with E-state index in [2.05, 4.69) is 4.99 Å². The SMILES string of the molecule is CC(C)(C)OC(=O)/N=C(/N(C/C=C/c1ccccc1)C(=O)OC(C)(C)C)N(CCCCCN)C(=O)OC(C)(C)C. The van der Waals surface area contributed by atoms with Crippen LogP contribution < -0.4 is 5.73 Å². The van der Waals surface area contributed by atoms with Crippen LogP contribution in [0, 0.1) is 0 Å². The summed E-state index contributed by atoms with van der Waals surface area (Å²) in [7, 11) is 0. The standard InChI is InChI=1S/C30H48N4O6/c1-28(2,3)38-25(35)32-24(33(21-15-11-14-20-31)26(36)39-29(4,5)6)34(27(37)40-30(7,8)9)22-16-19-23-17-12-10-13-18-23/h10,12-13,16-19H,11,14-15,20-22,31H2,1-9H3/b19-16+,32-24+. The molecule has 0 heterocycles. The van der Waals surface area contributed by atoms with Gasteiger partial charge in [0.1, 0.15) is 16.8 Å². The number of amides is 3. The highest BCUT2D eigenvalue weighted by Gasteiger charge is 2.35. The summed E-state index contributed by atoms with van der Waals surface area (Å²) in [6.07, 6.45) is 3.04. The summed E-state index contributed by atoms with van der Waals surface area (Å²) in [5.41, 5.74) is 4.01. The molecule has 0 saturated carbocycles. The minimum Gasteiger partial charge on any atom is -0.443 e. The number of unbranched alkanes of at least 4 members (excludes halogenated alkanes) is 2. The van der Waals surface area contributed by atoms with Crippen LogP contribution in [0.3, 0.4) is 0 Å². The summed E-state index contributed by atoms with van der Waals surface area (Å²) in [6.45, 7) is 16.1. The molecule has 10 nitrogen and oxygen atoms in total. The van der Waals surface area contributed by atoms with Crippen molar-refractivity contribution in [2.45, 2.75) is 98.4 Å². The first-order valence-corrected chi connectivity index (χ1v) is 13.7. The number of carbonyl (C=O) groups is 3. The number of guanidine groups is 1. The van der Waals surface area contributed by atoms with Crippen molar-refractivity contribution in [2.75, 3.05) is 19.6 Å². The highest BCUT2D eigenvalue weighted by Crippen LogP contribution is 2.18. The van der Waals surface area contributed by atoms with Gasteiger partial charge in [0, 0.05) is 6.54 Å². The van der Waals surface area contributed by atoms with Crippen LogP contribution in [0.2, 0.25) is 0 Å². The molecule has 2 N–H and O–H groups in total. The number of hydrogen-bond acceptors (Lipinski definition) is 7. The molecule has 0 aliphatic carbocycles. The van der Waals surface area contributed by atoms with E-state index < -0.39 is 35.1 Å². The number of hydrogen-bond donors (Lipinski definition) is 1. The summed E-state index contributed by atoms with van der Waals surface area (Å²) < 4.78 is 16.8. The minimum atomic E-state index is -0.960. The van der Waals surface area contributed by atoms with Crippen LogP contribution in [0.5, 0.6) is 0 Å². The second-order valence-electron chi connectivity index (χ2n) is 12.3. The number of ether oxygens (including phenoxy) is 3. The molecule has 0 aliphatic heterocycles. The first kappa shape index (κ1) is 34.6. The van der Waals surface area contributed by atoms with E-state index in [1.807, 2.05) is 36.4 Å². The molecule has 1 aromatic rings. The molecule has 0 fully saturated rings. The van der Waals surface area contributed by atoms with Crippen LogP contribution in [0.4, 0.5) is 14.4 Å². The first-order chi connectivity index (χ1) is 18.4. The maximum Gasteiger partial charge on any atom is 0.437 e. The second kappa shape index (κ2) is 15.4. The Labute approximate surface area is 239 Å². The van der Waals surface area contributed by atoms with Crippen molar-refractivity contribution in [3.8, 4) is 0 Å². The van der Waals surface area contributed by atoms with Crippen molar-refractivity contribution >= 4 is 30.3 Å². The lowest BCUT2D eigenvalue weighted by molar-refractivity contribution is 0.0284. The van der Waals surface area contributed by atoms with Crippen LogP contribution in [0.25, 0.3) is 6.08 Å². The van der Waals surface area contributed by atoms with Crippen LogP contribution in [0.1, 0.15) is 87.1 Å². The van der Waals surface area contributed by atoms with E-state index in [0.717, 1.165) is 23.3 Å². The van der Waals surface area contributed by atoms with Crippen molar-refractivity contribution in [1.29, 1.82) is 0 Å². The van der Waals surface area contributed by atoms with Crippen LogP contribution >= 0.6 is 0 Å². The fourth-order valence-corrected chi connectivity index (χ4v) is 3.23. The smallest absolute Gasteiger partial charge is 0.437 e. The third kappa shape index (κ3) is 14.7. The Morgan fingerprint density at radius 3 is 1.80 bits per heavy atom. The maximum atomic E-state index is 13.5. The van der Waals surface area contributed by atoms with Gasteiger partial charge in [-0.1, -0.05) is 48.9 Å². The molecule has 0 radical (unpaired) electrons. The highest BCUT2D eigenvalue weighted by molar-refractivity contribution is 6.05. The van der Waals surface area contributed by atoms with Crippen molar-refractivity contribution < 1.29 is 28.6 Å². The molecule has 40 heavy (non-hydrogen) atoms. The van der Waals surface area contributed by atoms with Crippen LogP contribution in [0.15, 0.2) is 41.4 Å². The molecule has 1 rings (SSSR count). The fourth-order valence-electron chi connectivity index (χ4n) is 3.23. The third-order valence-corrected chi connectivity index (χ3v) is 4.78.